The molecule has 0 saturated heterocycles. The first-order valence-corrected chi connectivity index (χ1v) is 8.09. The lowest BCUT2D eigenvalue weighted by molar-refractivity contribution is 0.0998. The molecule has 5 N–H and O–H groups in total. The number of carbonyl (C=O) groups is 1. The van der Waals surface area contributed by atoms with Crippen molar-refractivity contribution >= 4 is 34.2 Å². The maximum atomic E-state index is 12.5. The number of benzene rings is 2. The van der Waals surface area contributed by atoms with Crippen molar-refractivity contribution in [1.29, 1.82) is 0 Å². The molecule has 2 aromatic carbocycles. The molecule has 0 atom stereocenters. The molecule has 8 nitrogen and oxygen atoms in total. The van der Waals surface area contributed by atoms with Gasteiger partial charge in [-0.1, -0.05) is 24.3 Å². The minimum absolute atomic E-state index is 0.110. The van der Waals surface area contributed by atoms with E-state index in [2.05, 4.69) is 15.5 Å². The van der Waals surface area contributed by atoms with Crippen LogP contribution in [0, 0.1) is 0 Å². The van der Waals surface area contributed by atoms with E-state index in [1.165, 1.54) is 0 Å². The van der Waals surface area contributed by atoms with Crippen molar-refractivity contribution in [3.8, 4) is 5.75 Å². The third-order valence-electron chi connectivity index (χ3n) is 3.83. The maximum absolute atomic E-state index is 12.5. The standard InChI is InChI=1S/C19H19N5O3/c1-11(23-24-19(20)21)12-6-8-14(9-7-12)22-18(25)16-10-13-4-3-5-15(26-2)17(13)27-16/h3-10H,1-2H3,(H,22,25)(H4,20,21,24). The number of amides is 1. The number of fused-ring (bicyclic) bond motifs is 1. The minimum atomic E-state index is -0.355. The van der Waals surface area contributed by atoms with Crippen LogP contribution in [0.15, 0.2) is 63.2 Å². The first-order valence-electron chi connectivity index (χ1n) is 8.09. The summed E-state index contributed by atoms with van der Waals surface area (Å²) in [5, 5.41) is 11.1. The van der Waals surface area contributed by atoms with Crippen molar-refractivity contribution in [3.05, 3.63) is 59.9 Å². The molecular weight excluding hydrogens is 346 g/mol. The minimum Gasteiger partial charge on any atom is -0.493 e. The number of carbonyl (C=O) groups excluding carboxylic acids is 1. The smallest absolute Gasteiger partial charge is 0.291 e. The number of ether oxygens (including phenoxy) is 1. The van der Waals surface area contributed by atoms with Gasteiger partial charge in [0.25, 0.3) is 5.91 Å². The van der Waals surface area contributed by atoms with Gasteiger partial charge in [-0.25, -0.2) is 0 Å². The molecule has 1 aromatic heterocycles. The van der Waals surface area contributed by atoms with E-state index < -0.39 is 0 Å². The number of guanidine groups is 1. The SMILES string of the molecule is COc1cccc2cc(C(=O)Nc3ccc(C(C)=NN=C(N)N)cc3)oc12. The molecule has 8 heteroatoms. The summed E-state index contributed by atoms with van der Waals surface area (Å²) in [6.45, 7) is 1.78. The van der Waals surface area contributed by atoms with E-state index in [0.29, 0.717) is 22.7 Å². The number of rotatable bonds is 5. The third-order valence-corrected chi connectivity index (χ3v) is 3.83. The second-order valence-electron chi connectivity index (χ2n) is 5.73. The highest BCUT2D eigenvalue weighted by atomic mass is 16.5. The van der Waals surface area contributed by atoms with Gasteiger partial charge in [-0.3, -0.25) is 4.79 Å². The molecule has 0 aliphatic rings. The third kappa shape index (κ3) is 4.06. The topological polar surface area (TPSA) is 128 Å². The molecule has 0 radical (unpaired) electrons. The maximum Gasteiger partial charge on any atom is 0.291 e. The van der Waals surface area contributed by atoms with Gasteiger partial charge in [0, 0.05) is 11.1 Å². The van der Waals surface area contributed by atoms with E-state index in [4.69, 9.17) is 20.6 Å². The van der Waals surface area contributed by atoms with E-state index in [0.717, 1.165) is 10.9 Å². The molecule has 3 rings (SSSR count). The lowest BCUT2D eigenvalue weighted by Crippen LogP contribution is -2.22. The molecule has 27 heavy (non-hydrogen) atoms. The zero-order valence-electron chi connectivity index (χ0n) is 14.9. The summed E-state index contributed by atoms with van der Waals surface area (Å²) < 4.78 is 10.9. The van der Waals surface area contributed by atoms with E-state index in [1.54, 1.807) is 50.4 Å². The normalized spacial score (nSPS) is 11.3. The zero-order chi connectivity index (χ0) is 19.4. The van der Waals surface area contributed by atoms with Gasteiger partial charge < -0.3 is 25.9 Å². The van der Waals surface area contributed by atoms with Crippen LogP contribution in [-0.2, 0) is 0 Å². The van der Waals surface area contributed by atoms with Crippen molar-refractivity contribution in [3.63, 3.8) is 0 Å². The molecule has 1 heterocycles. The van der Waals surface area contributed by atoms with E-state index in [-0.39, 0.29) is 17.6 Å². The number of methoxy groups -OCH3 is 1. The van der Waals surface area contributed by atoms with Crippen LogP contribution in [0.2, 0.25) is 0 Å². The Morgan fingerprint density at radius 3 is 2.52 bits per heavy atom. The van der Waals surface area contributed by atoms with E-state index in [9.17, 15) is 4.79 Å². The van der Waals surface area contributed by atoms with Crippen LogP contribution in [0.1, 0.15) is 23.0 Å². The number of furan rings is 1. The van der Waals surface area contributed by atoms with Crippen LogP contribution in [0.4, 0.5) is 5.69 Å². The van der Waals surface area contributed by atoms with E-state index in [1.807, 2.05) is 12.1 Å². The number of nitrogens with zero attached hydrogens (tertiary/aromatic N) is 2. The average molecular weight is 365 g/mol. The average Bonchev–Trinajstić information content (AvgIpc) is 3.11. The van der Waals surface area contributed by atoms with Gasteiger partial charge in [-0.15, -0.1) is 5.10 Å². The van der Waals surface area contributed by atoms with Crippen molar-refractivity contribution < 1.29 is 13.9 Å². The van der Waals surface area contributed by atoms with Gasteiger partial charge in [-0.05, 0) is 36.8 Å². The molecule has 1 amide bonds. The van der Waals surface area contributed by atoms with Gasteiger partial charge in [0.2, 0.25) is 5.96 Å². The van der Waals surface area contributed by atoms with Crippen LogP contribution in [-0.4, -0.2) is 24.7 Å². The fraction of sp³-hybridized carbons (Fsp3) is 0.105. The molecule has 138 valence electrons. The van der Waals surface area contributed by atoms with Crippen LogP contribution in [0.3, 0.4) is 0 Å². The number of para-hydroxylation sites is 1. The first kappa shape index (κ1) is 18.0. The number of nitrogens with one attached hydrogen (secondary N) is 1. The molecule has 0 spiro atoms. The lowest BCUT2D eigenvalue weighted by atomic mass is 10.1. The quantitative estimate of drug-likeness (QED) is 0.364. The largest absolute Gasteiger partial charge is 0.493 e. The highest BCUT2D eigenvalue weighted by Crippen LogP contribution is 2.28. The number of nitrogens with two attached hydrogens (primary N) is 2. The Balaban J connectivity index is 1.76. The Morgan fingerprint density at radius 2 is 1.85 bits per heavy atom. The lowest BCUT2D eigenvalue weighted by Gasteiger charge is -2.05. The molecular formula is C19H19N5O3. The summed E-state index contributed by atoms with van der Waals surface area (Å²) in [6, 6.07) is 14.3. The van der Waals surface area contributed by atoms with Crippen molar-refractivity contribution in [2.24, 2.45) is 21.7 Å². The summed E-state index contributed by atoms with van der Waals surface area (Å²) in [4.78, 5) is 12.5. The Labute approximate surface area is 155 Å². The predicted octanol–water partition coefficient (Wildman–Crippen LogP) is 2.69. The molecule has 0 aliphatic heterocycles. The predicted molar refractivity (Wildman–Crippen MR) is 105 cm³/mol. The Hall–Kier alpha value is -3.81. The van der Waals surface area contributed by atoms with E-state index >= 15 is 0 Å². The van der Waals surface area contributed by atoms with Crippen molar-refractivity contribution in [2.45, 2.75) is 6.92 Å². The number of hydrogen-bond acceptors (Lipinski definition) is 5. The summed E-state index contributed by atoms with van der Waals surface area (Å²) in [5.41, 5.74) is 13.1. The second kappa shape index (κ2) is 7.61. The van der Waals surface area contributed by atoms with Gasteiger partial charge in [0.1, 0.15) is 0 Å². The van der Waals surface area contributed by atoms with Gasteiger partial charge in [0.05, 0.1) is 12.8 Å². The molecule has 0 fully saturated rings. The van der Waals surface area contributed by atoms with Crippen LogP contribution >= 0.6 is 0 Å². The fourth-order valence-corrected chi connectivity index (χ4v) is 2.49. The van der Waals surface area contributed by atoms with Gasteiger partial charge in [0.15, 0.2) is 17.1 Å². The number of anilines is 1. The first-order chi connectivity index (χ1) is 13.0. The molecule has 0 saturated carbocycles. The van der Waals surface area contributed by atoms with Gasteiger partial charge in [-0.2, -0.15) is 5.10 Å². The van der Waals surface area contributed by atoms with Crippen LogP contribution in [0.25, 0.3) is 11.0 Å². The summed E-state index contributed by atoms with van der Waals surface area (Å²) in [5.74, 6) is 0.308. The highest BCUT2D eigenvalue weighted by Gasteiger charge is 2.15. The van der Waals surface area contributed by atoms with Crippen molar-refractivity contribution in [2.75, 3.05) is 12.4 Å². The molecule has 3 aromatic rings. The van der Waals surface area contributed by atoms with Crippen LogP contribution in [0.5, 0.6) is 5.75 Å². The monoisotopic (exact) mass is 365 g/mol. The molecule has 0 aliphatic carbocycles. The Kier molecular flexibility index (Phi) is 5.07. The number of hydrogen-bond donors (Lipinski definition) is 3. The van der Waals surface area contributed by atoms with Crippen LogP contribution < -0.4 is 21.5 Å². The Bertz CT molecular complexity index is 1030. The fourth-order valence-electron chi connectivity index (χ4n) is 2.49. The second-order valence-corrected chi connectivity index (χ2v) is 5.73. The zero-order valence-corrected chi connectivity index (χ0v) is 14.9. The summed E-state index contributed by atoms with van der Waals surface area (Å²) >= 11 is 0. The summed E-state index contributed by atoms with van der Waals surface area (Å²) in [6.07, 6.45) is 0. The Morgan fingerprint density at radius 1 is 1.11 bits per heavy atom. The van der Waals surface area contributed by atoms with Gasteiger partial charge >= 0.3 is 0 Å². The van der Waals surface area contributed by atoms with Crippen molar-refractivity contribution in [1.82, 2.24) is 0 Å². The molecule has 0 bridgehead atoms. The highest BCUT2D eigenvalue weighted by molar-refractivity contribution is 6.05. The molecule has 0 unspecified atom stereocenters. The summed E-state index contributed by atoms with van der Waals surface area (Å²) in [7, 11) is 1.55.